The highest BCUT2D eigenvalue weighted by Crippen LogP contribution is 2.38. The lowest BCUT2D eigenvalue weighted by Gasteiger charge is -2.35. The molecular weight excluding hydrogens is 338 g/mol. The fourth-order valence-corrected chi connectivity index (χ4v) is 2.75. The molecule has 7 heteroatoms. The molecule has 0 amide bonds. The molecule has 21 heavy (non-hydrogen) atoms. The van der Waals surface area contributed by atoms with Crippen molar-refractivity contribution in [3.05, 3.63) is 41.2 Å². The van der Waals surface area contributed by atoms with Gasteiger partial charge in [-0.3, -0.25) is 4.90 Å². The standard InChI is InChI=1S/C14H18ClFN2O.2ClH/c1-2-3-12(18-8-6-17-7-9-18)13-10(15)4-5-11(16)14(13)19;;/h2,4-5,12,17,19H,1,3,6-9H2;2*1H/t12-;;/m1../s1. The minimum absolute atomic E-state index is 0. The zero-order chi connectivity index (χ0) is 13.8. The van der Waals surface area contributed by atoms with E-state index in [1.54, 1.807) is 6.08 Å². The number of aromatic hydroxyl groups is 1. The smallest absolute Gasteiger partial charge is 0.165 e. The average Bonchev–Trinajstić information content (AvgIpc) is 2.43. The van der Waals surface area contributed by atoms with Crippen LogP contribution in [0.2, 0.25) is 5.02 Å². The monoisotopic (exact) mass is 356 g/mol. The summed E-state index contributed by atoms with van der Waals surface area (Å²) in [6.07, 6.45) is 2.39. The molecule has 0 aromatic heterocycles. The fraction of sp³-hybridized carbons (Fsp3) is 0.429. The number of benzene rings is 1. The molecule has 0 spiro atoms. The van der Waals surface area contributed by atoms with Crippen LogP contribution < -0.4 is 5.32 Å². The molecule has 0 unspecified atom stereocenters. The van der Waals surface area contributed by atoms with E-state index in [4.69, 9.17) is 11.6 Å². The van der Waals surface area contributed by atoms with Crippen LogP contribution in [0.1, 0.15) is 18.0 Å². The van der Waals surface area contributed by atoms with Gasteiger partial charge in [0.25, 0.3) is 0 Å². The Morgan fingerprint density at radius 1 is 1.38 bits per heavy atom. The highest BCUT2D eigenvalue weighted by molar-refractivity contribution is 6.31. The van der Waals surface area contributed by atoms with Gasteiger partial charge in [0.15, 0.2) is 11.6 Å². The SMILES string of the molecule is C=CC[C@H](c1c(Cl)ccc(F)c1O)N1CCNCC1.Cl.Cl. The number of hydrogen-bond donors (Lipinski definition) is 2. The number of phenolic OH excluding ortho intramolecular Hbond substituents is 1. The van der Waals surface area contributed by atoms with E-state index in [0.717, 1.165) is 26.2 Å². The van der Waals surface area contributed by atoms with Crippen molar-refractivity contribution in [1.82, 2.24) is 10.2 Å². The first-order valence-corrected chi connectivity index (χ1v) is 6.75. The van der Waals surface area contributed by atoms with Gasteiger partial charge in [0.05, 0.1) is 0 Å². The predicted octanol–water partition coefficient (Wildman–Crippen LogP) is 3.55. The van der Waals surface area contributed by atoms with Crippen molar-refractivity contribution in [2.75, 3.05) is 26.2 Å². The molecule has 1 saturated heterocycles. The van der Waals surface area contributed by atoms with Crippen molar-refractivity contribution in [3.63, 3.8) is 0 Å². The van der Waals surface area contributed by atoms with E-state index >= 15 is 0 Å². The highest BCUT2D eigenvalue weighted by atomic mass is 35.5. The third-order valence-corrected chi connectivity index (χ3v) is 3.76. The van der Waals surface area contributed by atoms with Crippen LogP contribution in [0.4, 0.5) is 4.39 Å². The Kier molecular flexibility index (Phi) is 9.25. The van der Waals surface area contributed by atoms with Crippen LogP contribution in [0.3, 0.4) is 0 Å². The molecule has 0 bridgehead atoms. The predicted molar refractivity (Wildman–Crippen MR) is 89.6 cm³/mol. The molecular formula is C14H20Cl3FN2O. The van der Waals surface area contributed by atoms with Crippen LogP contribution in [0.5, 0.6) is 5.75 Å². The zero-order valence-electron chi connectivity index (χ0n) is 11.5. The Hall–Kier alpha value is -0.520. The van der Waals surface area contributed by atoms with Gasteiger partial charge in [0, 0.05) is 42.8 Å². The molecule has 1 heterocycles. The summed E-state index contributed by atoms with van der Waals surface area (Å²) in [5.74, 6) is -0.985. The van der Waals surface area contributed by atoms with E-state index in [0.29, 0.717) is 17.0 Å². The minimum Gasteiger partial charge on any atom is -0.505 e. The summed E-state index contributed by atoms with van der Waals surface area (Å²) in [4.78, 5) is 2.19. The second-order valence-electron chi connectivity index (χ2n) is 4.62. The molecule has 1 fully saturated rings. The summed E-state index contributed by atoms with van der Waals surface area (Å²) in [5, 5.41) is 13.6. The van der Waals surface area contributed by atoms with E-state index < -0.39 is 5.82 Å². The molecule has 1 aromatic carbocycles. The van der Waals surface area contributed by atoms with Crippen LogP contribution in [0, 0.1) is 5.82 Å². The zero-order valence-corrected chi connectivity index (χ0v) is 13.9. The summed E-state index contributed by atoms with van der Waals surface area (Å²) in [7, 11) is 0. The highest BCUT2D eigenvalue weighted by Gasteiger charge is 2.26. The number of piperazine rings is 1. The molecule has 1 aliphatic rings. The topological polar surface area (TPSA) is 35.5 Å². The summed E-state index contributed by atoms with van der Waals surface area (Å²) in [5.41, 5.74) is 0.462. The molecule has 1 aliphatic heterocycles. The lowest BCUT2D eigenvalue weighted by molar-refractivity contribution is 0.171. The van der Waals surface area contributed by atoms with E-state index in [1.807, 2.05) is 0 Å². The number of rotatable bonds is 4. The first-order valence-electron chi connectivity index (χ1n) is 6.37. The van der Waals surface area contributed by atoms with E-state index in [1.165, 1.54) is 12.1 Å². The van der Waals surface area contributed by atoms with Gasteiger partial charge in [-0.1, -0.05) is 17.7 Å². The van der Waals surface area contributed by atoms with Crippen LogP contribution in [0.15, 0.2) is 24.8 Å². The Balaban J connectivity index is 0.00000200. The van der Waals surface area contributed by atoms with Gasteiger partial charge >= 0.3 is 0 Å². The Morgan fingerprint density at radius 3 is 2.57 bits per heavy atom. The largest absolute Gasteiger partial charge is 0.505 e. The van der Waals surface area contributed by atoms with Crippen molar-refractivity contribution >= 4 is 36.4 Å². The number of phenols is 1. The summed E-state index contributed by atoms with van der Waals surface area (Å²) in [6, 6.07) is 2.54. The first-order chi connectivity index (χ1) is 9.15. The molecule has 120 valence electrons. The van der Waals surface area contributed by atoms with Gasteiger partial charge in [-0.05, 0) is 18.6 Å². The van der Waals surface area contributed by atoms with Gasteiger partial charge in [0.2, 0.25) is 0 Å². The van der Waals surface area contributed by atoms with Gasteiger partial charge in [0.1, 0.15) is 0 Å². The molecule has 2 rings (SSSR count). The van der Waals surface area contributed by atoms with E-state index in [2.05, 4.69) is 16.8 Å². The average molecular weight is 358 g/mol. The van der Waals surface area contributed by atoms with E-state index in [9.17, 15) is 9.50 Å². The molecule has 0 radical (unpaired) electrons. The van der Waals surface area contributed by atoms with Crippen LogP contribution in [-0.2, 0) is 0 Å². The molecule has 1 atom stereocenters. The number of nitrogens with one attached hydrogen (secondary N) is 1. The van der Waals surface area contributed by atoms with Gasteiger partial charge in [-0.25, -0.2) is 4.39 Å². The maximum Gasteiger partial charge on any atom is 0.165 e. The van der Waals surface area contributed by atoms with Crippen molar-refractivity contribution in [1.29, 1.82) is 0 Å². The van der Waals surface area contributed by atoms with Crippen molar-refractivity contribution in [3.8, 4) is 5.75 Å². The number of nitrogens with zero attached hydrogens (tertiary/aromatic N) is 1. The van der Waals surface area contributed by atoms with Crippen molar-refractivity contribution in [2.24, 2.45) is 0 Å². The van der Waals surface area contributed by atoms with Crippen LogP contribution >= 0.6 is 36.4 Å². The maximum atomic E-state index is 13.6. The molecule has 1 aromatic rings. The summed E-state index contributed by atoms with van der Waals surface area (Å²) in [6.45, 7) is 7.17. The normalized spacial score (nSPS) is 16.5. The third kappa shape index (κ3) is 4.73. The number of hydrogen-bond acceptors (Lipinski definition) is 3. The van der Waals surface area contributed by atoms with Gasteiger partial charge in [-0.2, -0.15) is 0 Å². The molecule has 2 N–H and O–H groups in total. The van der Waals surface area contributed by atoms with Crippen molar-refractivity contribution in [2.45, 2.75) is 12.5 Å². The minimum atomic E-state index is -0.636. The maximum absolute atomic E-state index is 13.6. The Morgan fingerprint density at radius 2 is 2.00 bits per heavy atom. The Bertz CT molecular complexity index is 468. The van der Waals surface area contributed by atoms with Crippen LogP contribution in [0.25, 0.3) is 0 Å². The lowest BCUT2D eigenvalue weighted by atomic mass is 9.99. The molecule has 3 nitrogen and oxygen atoms in total. The summed E-state index contributed by atoms with van der Waals surface area (Å²) >= 11 is 6.15. The second-order valence-corrected chi connectivity index (χ2v) is 5.02. The van der Waals surface area contributed by atoms with Crippen LogP contribution in [-0.4, -0.2) is 36.2 Å². The fourth-order valence-electron chi connectivity index (χ4n) is 2.47. The third-order valence-electron chi connectivity index (χ3n) is 3.43. The molecule has 0 saturated carbocycles. The summed E-state index contributed by atoms with van der Waals surface area (Å²) < 4.78 is 13.6. The van der Waals surface area contributed by atoms with Crippen molar-refractivity contribution < 1.29 is 9.50 Å². The molecule has 0 aliphatic carbocycles. The van der Waals surface area contributed by atoms with E-state index in [-0.39, 0.29) is 36.6 Å². The lowest BCUT2D eigenvalue weighted by Crippen LogP contribution is -2.45. The number of halogens is 4. The van der Waals surface area contributed by atoms with Gasteiger partial charge < -0.3 is 10.4 Å². The second kappa shape index (κ2) is 9.49. The van der Waals surface area contributed by atoms with Gasteiger partial charge in [-0.15, -0.1) is 31.4 Å². The quantitative estimate of drug-likeness (QED) is 0.809. The first kappa shape index (κ1) is 20.5. The Labute approximate surface area is 142 Å².